The zero-order chi connectivity index (χ0) is 13.0. The van der Waals surface area contributed by atoms with E-state index < -0.39 is 0 Å². The summed E-state index contributed by atoms with van der Waals surface area (Å²) in [5.74, 6) is 0. The number of hydrogen-bond acceptors (Lipinski definition) is 4. The van der Waals surface area contributed by atoms with Crippen LogP contribution in [0.2, 0.25) is 0 Å². The van der Waals surface area contributed by atoms with Crippen LogP contribution in [0.4, 0.5) is 0 Å². The second-order valence-corrected chi connectivity index (χ2v) is 5.11. The maximum Gasteiger partial charge on any atom is 0.142 e. The zero-order valence-corrected chi connectivity index (χ0v) is 11.8. The molecule has 1 aliphatic heterocycles. The highest BCUT2D eigenvalue weighted by Gasteiger charge is 2.43. The minimum absolute atomic E-state index is 0.0132. The molecule has 5 heteroatoms. The van der Waals surface area contributed by atoms with Gasteiger partial charge >= 0.3 is 0 Å². The van der Waals surface area contributed by atoms with Crippen LogP contribution in [0.15, 0.2) is 0 Å². The van der Waals surface area contributed by atoms with Crippen molar-refractivity contribution in [3.05, 3.63) is 0 Å². The number of methoxy groups -OCH3 is 1. The molecule has 4 unspecified atom stereocenters. The monoisotopic (exact) mass is 244 g/mol. The molecule has 1 saturated heterocycles. The van der Waals surface area contributed by atoms with Crippen molar-refractivity contribution in [3.8, 4) is 0 Å². The van der Waals surface area contributed by atoms with Crippen LogP contribution in [0.5, 0.6) is 0 Å². The Morgan fingerprint density at radius 1 is 1.12 bits per heavy atom. The molecular weight excluding hydrogens is 219 g/mol. The molecule has 17 heavy (non-hydrogen) atoms. The average Bonchev–Trinajstić information content (AvgIpc) is 2.51. The average molecular weight is 244 g/mol. The van der Waals surface area contributed by atoms with Gasteiger partial charge in [0.05, 0.1) is 24.8 Å². The van der Waals surface area contributed by atoms with E-state index in [1.807, 2.05) is 35.5 Å². The summed E-state index contributed by atoms with van der Waals surface area (Å²) in [5, 5.41) is 0. The van der Waals surface area contributed by atoms with E-state index in [4.69, 9.17) is 18.9 Å². The lowest BCUT2D eigenvalue weighted by molar-refractivity contribution is -0.0796. The summed E-state index contributed by atoms with van der Waals surface area (Å²) in [6.07, 6.45) is 0.276. The van der Waals surface area contributed by atoms with E-state index >= 15 is 0 Å². The summed E-state index contributed by atoms with van der Waals surface area (Å²) in [4.78, 5) is 0. The van der Waals surface area contributed by atoms with Crippen molar-refractivity contribution >= 4 is 7.85 Å². The van der Waals surface area contributed by atoms with Crippen molar-refractivity contribution in [2.24, 2.45) is 0 Å². The second kappa shape index (κ2) is 6.73. The molecule has 0 saturated carbocycles. The first-order chi connectivity index (χ1) is 7.95. The SMILES string of the molecule is BC1OC(COC(C)C)C(OC)C1OC(C)C. The van der Waals surface area contributed by atoms with Crippen molar-refractivity contribution in [2.45, 2.75) is 64.2 Å². The van der Waals surface area contributed by atoms with E-state index in [2.05, 4.69) is 0 Å². The highest BCUT2D eigenvalue weighted by atomic mass is 16.6. The molecule has 0 aromatic rings. The Morgan fingerprint density at radius 3 is 2.24 bits per heavy atom. The van der Waals surface area contributed by atoms with Gasteiger partial charge in [-0.05, 0) is 27.7 Å². The molecule has 0 radical (unpaired) electrons. The fourth-order valence-corrected chi connectivity index (χ4v) is 2.12. The third-order valence-corrected chi connectivity index (χ3v) is 2.84. The lowest BCUT2D eigenvalue weighted by Crippen LogP contribution is -2.40. The van der Waals surface area contributed by atoms with E-state index in [9.17, 15) is 0 Å². The van der Waals surface area contributed by atoms with E-state index in [0.717, 1.165) is 0 Å². The molecule has 0 bridgehead atoms. The molecule has 100 valence electrons. The minimum Gasteiger partial charge on any atom is -0.376 e. The Hall–Kier alpha value is -0.0951. The lowest BCUT2D eigenvalue weighted by atomic mass is 9.92. The quantitative estimate of drug-likeness (QED) is 0.640. The highest BCUT2D eigenvalue weighted by Crippen LogP contribution is 2.26. The third kappa shape index (κ3) is 4.25. The second-order valence-electron chi connectivity index (χ2n) is 5.11. The van der Waals surface area contributed by atoms with Crippen LogP contribution in [0.25, 0.3) is 0 Å². The molecule has 4 atom stereocenters. The van der Waals surface area contributed by atoms with E-state index in [0.29, 0.717) is 6.61 Å². The molecule has 0 amide bonds. The molecule has 0 aromatic heterocycles. The van der Waals surface area contributed by atoms with E-state index in [1.165, 1.54) is 0 Å². The fraction of sp³-hybridized carbons (Fsp3) is 1.00. The zero-order valence-electron chi connectivity index (χ0n) is 11.8. The maximum absolute atomic E-state index is 5.86. The lowest BCUT2D eigenvalue weighted by Gasteiger charge is -2.24. The first-order valence-corrected chi connectivity index (χ1v) is 6.41. The van der Waals surface area contributed by atoms with Crippen LogP contribution in [0.3, 0.4) is 0 Å². The molecule has 0 aromatic carbocycles. The van der Waals surface area contributed by atoms with Gasteiger partial charge in [-0.25, -0.2) is 0 Å². The Morgan fingerprint density at radius 2 is 1.76 bits per heavy atom. The van der Waals surface area contributed by atoms with Gasteiger partial charge in [0, 0.05) is 7.11 Å². The van der Waals surface area contributed by atoms with Gasteiger partial charge in [0.1, 0.15) is 26.2 Å². The predicted octanol–water partition coefficient (Wildman–Crippen LogP) is 0.578. The molecule has 0 aliphatic carbocycles. The van der Waals surface area contributed by atoms with Crippen molar-refractivity contribution < 1.29 is 18.9 Å². The van der Waals surface area contributed by atoms with E-state index in [-0.39, 0.29) is 36.5 Å². The van der Waals surface area contributed by atoms with Crippen molar-refractivity contribution in [1.82, 2.24) is 0 Å². The molecule has 1 heterocycles. The van der Waals surface area contributed by atoms with Crippen molar-refractivity contribution in [1.29, 1.82) is 0 Å². The fourth-order valence-electron chi connectivity index (χ4n) is 2.12. The molecule has 1 rings (SSSR count). The largest absolute Gasteiger partial charge is 0.376 e. The molecular formula is C12H25BO4. The number of ether oxygens (including phenoxy) is 4. The van der Waals surface area contributed by atoms with Gasteiger partial charge in [0.2, 0.25) is 0 Å². The molecule has 1 aliphatic rings. The van der Waals surface area contributed by atoms with E-state index in [1.54, 1.807) is 7.11 Å². The number of hydrogen-bond donors (Lipinski definition) is 0. The van der Waals surface area contributed by atoms with Gasteiger partial charge in [0.15, 0.2) is 0 Å². The van der Waals surface area contributed by atoms with Gasteiger partial charge in [-0.2, -0.15) is 0 Å². The smallest absolute Gasteiger partial charge is 0.142 e. The maximum atomic E-state index is 5.86. The van der Waals surface area contributed by atoms with Gasteiger partial charge in [-0.15, -0.1) is 0 Å². The van der Waals surface area contributed by atoms with Crippen molar-refractivity contribution in [2.75, 3.05) is 13.7 Å². The van der Waals surface area contributed by atoms with Crippen LogP contribution in [0.1, 0.15) is 27.7 Å². The molecule has 1 fully saturated rings. The topological polar surface area (TPSA) is 36.9 Å². The Balaban J connectivity index is 2.56. The van der Waals surface area contributed by atoms with Gasteiger partial charge < -0.3 is 18.9 Å². The summed E-state index contributed by atoms with van der Waals surface area (Å²) in [6, 6.07) is 0.0445. The van der Waals surface area contributed by atoms with Crippen molar-refractivity contribution in [3.63, 3.8) is 0 Å². The van der Waals surface area contributed by atoms with Crippen LogP contribution in [0, 0.1) is 0 Å². The normalized spacial score (nSPS) is 33.8. The molecule has 0 N–H and O–H groups in total. The first-order valence-electron chi connectivity index (χ1n) is 6.41. The Kier molecular flexibility index (Phi) is 5.93. The number of rotatable bonds is 6. The van der Waals surface area contributed by atoms with Crippen LogP contribution < -0.4 is 0 Å². The van der Waals surface area contributed by atoms with Gasteiger partial charge in [-0.1, -0.05) is 0 Å². The van der Waals surface area contributed by atoms with Gasteiger partial charge in [-0.3, -0.25) is 0 Å². The molecule has 0 spiro atoms. The standard InChI is InChI=1S/C12H25BO4/c1-7(2)15-6-9-10(14-5)11(12(13)17-9)16-8(3)4/h7-12H,6,13H2,1-5H3. The molecule has 4 nitrogen and oxygen atoms in total. The Bertz CT molecular complexity index is 223. The van der Waals surface area contributed by atoms with Crippen LogP contribution in [-0.4, -0.2) is 58.1 Å². The summed E-state index contributed by atoms with van der Waals surface area (Å²) in [7, 11) is 3.72. The first kappa shape index (κ1) is 15.0. The summed E-state index contributed by atoms with van der Waals surface area (Å²) in [5.41, 5.74) is 0. The Labute approximate surface area is 105 Å². The minimum atomic E-state index is -0.0499. The van der Waals surface area contributed by atoms with Gasteiger partial charge in [0.25, 0.3) is 0 Å². The predicted molar refractivity (Wildman–Crippen MR) is 69.1 cm³/mol. The van der Waals surface area contributed by atoms with Crippen LogP contribution >= 0.6 is 0 Å². The third-order valence-electron chi connectivity index (χ3n) is 2.84. The summed E-state index contributed by atoms with van der Waals surface area (Å²) < 4.78 is 22.8. The highest BCUT2D eigenvalue weighted by molar-refractivity contribution is 6.11. The summed E-state index contributed by atoms with van der Waals surface area (Å²) >= 11 is 0. The van der Waals surface area contributed by atoms with Crippen LogP contribution in [-0.2, 0) is 18.9 Å². The summed E-state index contributed by atoms with van der Waals surface area (Å²) in [6.45, 7) is 8.64.